The maximum Gasteiger partial charge on any atom is 0.310 e. The van der Waals surface area contributed by atoms with Crippen LogP contribution in [0.25, 0.3) is 0 Å². The first-order valence-electron chi connectivity index (χ1n) is 6.52. The third-order valence-electron chi connectivity index (χ3n) is 3.43. The summed E-state index contributed by atoms with van der Waals surface area (Å²) in [6.07, 6.45) is 0. The first kappa shape index (κ1) is 18.0. The fraction of sp³-hybridized carbons (Fsp3) is 0.143. The second kappa shape index (κ2) is 4.82. The van der Waals surface area contributed by atoms with Gasteiger partial charge in [-0.1, -0.05) is 19.4 Å². The molecule has 0 unspecified atom stereocenters. The molecule has 0 aliphatic carbocycles. The summed E-state index contributed by atoms with van der Waals surface area (Å²) < 4.78 is 63.5. The number of nitro groups is 1. The molecule has 0 spiro atoms. The lowest BCUT2D eigenvalue weighted by Gasteiger charge is -2.40. The highest BCUT2D eigenvalue weighted by atomic mass is 32.5. The first-order chi connectivity index (χ1) is 10.7. The van der Waals surface area contributed by atoms with Gasteiger partial charge in [-0.15, -0.1) is 0 Å². The minimum absolute atomic E-state index is 0.0941. The fourth-order valence-electron chi connectivity index (χ4n) is 2.13. The molecule has 0 saturated heterocycles. The van der Waals surface area contributed by atoms with Gasteiger partial charge in [0.05, 0.1) is 4.92 Å². The molecule has 0 aliphatic heterocycles. The van der Waals surface area contributed by atoms with Gasteiger partial charge in [0.1, 0.15) is 4.90 Å². The Morgan fingerprint density at radius 2 is 1.46 bits per heavy atom. The van der Waals surface area contributed by atoms with Crippen molar-refractivity contribution in [2.24, 2.45) is 0 Å². The Kier molecular flexibility index (Phi) is 3.61. The second-order valence-electron chi connectivity index (χ2n) is 5.25. The standard InChI is InChI=1S/C14H13F5N2O2S/c1-10-9-12(5-8-14(10)21(22)23)20(2)11-3-6-13(7-4-11)24(15,16,17,18)19/h3-9H,1-2H3. The summed E-state index contributed by atoms with van der Waals surface area (Å²) in [6.45, 7) is 1.52. The average Bonchev–Trinajstić information content (AvgIpc) is 2.43. The predicted octanol–water partition coefficient (Wildman–Crippen LogP) is 6.33. The third-order valence-corrected chi connectivity index (χ3v) is 4.60. The van der Waals surface area contributed by atoms with Crippen LogP contribution in [0.4, 0.5) is 36.5 Å². The molecule has 0 saturated carbocycles. The zero-order chi connectivity index (χ0) is 18.4. The van der Waals surface area contributed by atoms with E-state index in [2.05, 4.69) is 0 Å². The zero-order valence-corrected chi connectivity index (χ0v) is 13.4. The molecule has 2 aromatic carbocycles. The molecule has 0 N–H and O–H groups in total. The predicted molar refractivity (Wildman–Crippen MR) is 83.7 cm³/mol. The SMILES string of the molecule is Cc1cc(N(C)c2ccc(S(F)(F)(F)(F)F)cc2)ccc1[N+](=O)[O-]. The van der Waals surface area contributed by atoms with Gasteiger partial charge in [0, 0.05) is 30.1 Å². The Bertz CT molecular complexity index is 807. The van der Waals surface area contributed by atoms with Crippen molar-refractivity contribution in [1.82, 2.24) is 0 Å². The van der Waals surface area contributed by atoms with Crippen molar-refractivity contribution in [3.05, 3.63) is 58.1 Å². The largest absolute Gasteiger partial charge is 0.345 e. The van der Waals surface area contributed by atoms with Crippen LogP contribution in [0.5, 0.6) is 0 Å². The van der Waals surface area contributed by atoms with Crippen LogP contribution < -0.4 is 4.90 Å². The Morgan fingerprint density at radius 3 is 1.88 bits per heavy atom. The number of nitrogens with zero attached hydrogens (tertiary/aromatic N) is 2. The van der Waals surface area contributed by atoms with E-state index in [1.807, 2.05) is 0 Å². The summed E-state index contributed by atoms with van der Waals surface area (Å²) in [5.74, 6) is 0. The maximum absolute atomic E-state index is 12.7. The number of halogens is 5. The van der Waals surface area contributed by atoms with Gasteiger partial charge in [-0.3, -0.25) is 10.1 Å². The van der Waals surface area contributed by atoms with Crippen LogP contribution in [0.15, 0.2) is 47.4 Å². The number of benzene rings is 2. The zero-order valence-electron chi connectivity index (χ0n) is 12.6. The monoisotopic (exact) mass is 368 g/mol. The molecule has 132 valence electrons. The van der Waals surface area contributed by atoms with E-state index in [1.165, 1.54) is 37.1 Å². The third kappa shape index (κ3) is 3.75. The molecule has 4 nitrogen and oxygen atoms in total. The van der Waals surface area contributed by atoms with Crippen molar-refractivity contribution in [1.29, 1.82) is 0 Å². The number of nitro benzene ring substituents is 1. The Labute approximate surface area is 134 Å². The van der Waals surface area contributed by atoms with E-state index in [-0.39, 0.29) is 11.4 Å². The number of rotatable bonds is 4. The minimum atomic E-state index is -9.70. The number of hydrogen-bond acceptors (Lipinski definition) is 3. The van der Waals surface area contributed by atoms with Gasteiger partial charge >= 0.3 is 10.2 Å². The van der Waals surface area contributed by atoms with Crippen LogP contribution >= 0.6 is 10.2 Å². The fourth-order valence-corrected chi connectivity index (χ4v) is 2.78. The molecule has 0 amide bonds. The minimum Gasteiger partial charge on any atom is -0.345 e. The molecule has 0 fully saturated rings. The summed E-state index contributed by atoms with van der Waals surface area (Å²) >= 11 is 0. The average molecular weight is 368 g/mol. The van der Waals surface area contributed by atoms with E-state index in [0.29, 0.717) is 23.4 Å². The summed E-state index contributed by atoms with van der Waals surface area (Å²) in [5, 5.41) is 10.8. The van der Waals surface area contributed by atoms with Gasteiger partial charge in [0.2, 0.25) is 0 Å². The topological polar surface area (TPSA) is 46.4 Å². The summed E-state index contributed by atoms with van der Waals surface area (Å²) in [4.78, 5) is 9.70. The van der Waals surface area contributed by atoms with E-state index in [4.69, 9.17) is 0 Å². The Hall–Kier alpha value is -2.36. The van der Waals surface area contributed by atoms with E-state index < -0.39 is 20.0 Å². The van der Waals surface area contributed by atoms with Crippen LogP contribution in [-0.2, 0) is 0 Å². The molecule has 0 aliphatic rings. The molecule has 24 heavy (non-hydrogen) atoms. The van der Waals surface area contributed by atoms with Gasteiger partial charge < -0.3 is 4.90 Å². The molecule has 0 aromatic heterocycles. The highest BCUT2D eigenvalue weighted by Crippen LogP contribution is 3.02. The normalized spacial score (nSPS) is 14.6. The van der Waals surface area contributed by atoms with Crippen molar-refractivity contribution in [3.63, 3.8) is 0 Å². The summed E-state index contributed by atoms with van der Waals surface area (Å²) in [5.41, 5.74) is 0.975. The van der Waals surface area contributed by atoms with Crippen LogP contribution in [-0.4, -0.2) is 12.0 Å². The van der Waals surface area contributed by atoms with Crippen LogP contribution in [0.2, 0.25) is 0 Å². The van der Waals surface area contributed by atoms with E-state index >= 15 is 0 Å². The first-order valence-corrected chi connectivity index (χ1v) is 8.47. The molecule has 2 aromatic rings. The van der Waals surface area contributed by atoms with Crippen molar-refractivity contribution < 1.29 is 24.4 Å². The summed E-state index contributed by atoms with van der Waals surface area (Å²) in [7, 11) is -8.19. The van der Waals surface area contributed by atoms with Gasteiger partial charge in [0.25, 0.3) is 5.69 Å². The van der Waals surface area contributed by atoms with Crippen molar-refractivity contribution in [2.75, 3.05) is 11.9 Å². The lowest BCUT2D eigenvalue weighted by atomic mass is 10.1. The molecule has 10 heteroatoms. The Morgan fingerprint density at radius 1 is 0.958 bits per heavy atom. The number of aryl methyl sites for hydroxylation is 1. The Balaban J connectivity index is 2.37. The van der Waals surface area contributed by atoms with Crippen LogP contribution in [0.1, 0.15) is 5.56 Å². The van der Waals surface area contributed by atoms with Gasteiger partial charge in [0.15, 0.2) is 0 Å². The lowest BCUT2D eigenvalue weighted by Crippen LogP contribution is -2.11. The number of anilines is 2. The molecule has 0 atom stereocenters. The quantitative estimate of drug-likeness (QED) is 0.360. The van der Waals surface area contributed by atoms with Crippen molar-refractivity contribution in [2.45, 2.75) is 11.8 Å². The highest BCUT2D eigenvalue weighted by Gasteiger charge is 2.65. The van der Waals surface area contributed by atoms with Crippen molar-refractivity contribution in [3.8, 4) is 0 Å². The highest BCUT2D eigenvalue weighted by molar-refractivity contribution is 8.45. The van der Waals surface area contributed by atoms with E-state index in [9.17, 15) is 29.5 Å². The van der Waals surface area contributed by atoms with E-state index in [1.54, 1.807) is 0 Å². The molecular formula is C14H13F5N2O2S. The maximum atomic E-state index is 12.7. The molecular weight excluding hydrogens is 355 g/mol. The molecule has 2 rings (SSSR count). The van der Waals surface area contributed by atoms with Gasteiger partial charge in [-0.2, -0.15) is 0 Å². The molecule has 0 radical (unpaired) electrons. The molecule has 0 bridgehead atoms. The smallest absolute Gasteiger partial charge is 0.310 e. The van der Waals surface area contributed by atoms with Crippen molar-refractivity contribution >= 4 is 27.3 Å². The molecule has 0 heterocycles. The number of hydrogen-bond donors (Lipinski definition) is 0. The van der Waals surface area contributed by atoms with E-state index in [0.717, 1.165) is 12.1 Å². The van der Waals surface area contributed by atoms with Crippen LogP contribution in [0, 0.1) is 17.0 Å². The van der Waals surface area contributed by atoms with Gasteiger partial charge in [-0.05, 0) is 43.3 Å². The lowest BCUT2D eigenvalue weighted by molar-refractivity contribution is -0.385. The second-order valence-corrected chi connectivity index (χ2v) is 7.66. The van der Waals surface area contributed by atoms with Crippen LogP contribution in [0.3, 0.4) is 0 Å². The van der Waals surface area contributed by atoms with Gasteiger partial charge in [-0.25, -0.2) is 0 Å². The summed E-state index contributed by atoms with van der Waals surface area (Å²) in [6, 6.07) is 6.66.